The lowest BCUT2D eigenvalue weighted by atomic mass is 9.87. The van der Waals surface area contributed by atoms with E-state index in [2.05, 4.69) is 21.9 Å². The van der Waals surface area contributed by atoms with Crippen molar-refractivity contribution in [1.29, 1.82) is 0 Å². The summed E-state index contributed by atoms with van der Waals surface area (Å²) in [4.78, 5) is 25.6. The minimum atomic E-state index is -0.543. The number of likely N-dealkylation sites (tertiary alicyclic amines) is 1. The minimum absolute atomic E-state index is 0.150. The average Bonchev–Trinajstić information content (AvgIpc) is 2.38. The fourth-order valence-electron chi connectivity index (χ4n) is 2.73. The summed E-state index contributed by atoms with van der Waals surface area (Å²) in [5.74, 6) is -0.622. The Bertz CT molecular complexity index is 378. The second-order valence-electron chi connectivity index (χ2n) is 4.91. The van der Waals surface area contributed by atoms with Crippen molar-refractivity contribution >= 4 is 11.9 Å². The monoisotopic (exact) mass is 252 g/mol. The van der Waals surface area contributed by atoms with Crippen molar-refractivity contribution in [3.63, 3.8) is 0 Å². The second-order valence-corrected chi connectivity index (χ2v) is 4.91. The molecule has 0 saturated carbocycles. The number of amides is 1. The molecule has 0 aliphatic carbocycles. The van der Waals surface area contributed by atoms with Crippen LogP contribution in [0, 0.1) is 5.92 Å². The number of nitrogens with zero attached hydrogens (tertiary/aromatic N) is 1. The predicted molar refractivity (Wildman–Crippen MR) is 66.9 cm³/mol. The normalized spacial score (nSPS) is 28.1. The van der Waals surface area contributed by atoms with E-state index in [0.717, 1.165) is 32.5 Å². The zero-order chi connectivity index (χ0) is 13.1. The Morgan fingerprint density at radius 3 is 3.06 bits per heavy atom. The van der Waals surface area contributed by atoms with Gasteiger partial charge < -0.3 is 15.0 Å². The van der Waals surface area contributed by atoms with Crippen molar-refractivity contribution in [3.05, 3.63) is 11.6 Å². The lowest BCUT2D eigenvalue weighted by Gasteiger charge is -2.39. The molecule has 1 amide bonds. The molecule has 18 heavy (non-hydrogen) atoms. The third-order valence-electron chi connectivity index (χ3n) is 3.63. The maximum atomic E-state index is 11.8. The Morgan fingerprint density at radius 2 is 2.39 bits per heavy atom. The van der Waals surface area contributed by atoms with Crippen LogP contribution in [0.25, 0.3) is 0 Å². The fourth-order valence-corrected chi connectivity index (χ4v) is 2.73. The predicted octanol–water partition coefficient (Wildman–Crippen LogP) is 0.316. The van der Waals surface area contributed by atoms with Gasteiger partial charge in [0.05, 0.1) is 7.11 Å². The maximum Gasteiger partial charge on any atom is 0.343 e. The molecule has 2 heterocycles. The fraction of sp³-hybridized carbons (Fsp3) is 0.692. The van der Waals surface area contributed by atoms with Crippen LogP contribution < -0.4 is 5.32 Å². The van der Waals surface area contributed by atoms with Crippen molar-refractivity contribution in [1.82, 2.24) is 10.2 Å². The average molecular weight is 252 g/mol. The van der Waals surface area contributed by atoms with Crippen LogP contribution in [0.1, 0.15) is 19.8 Å². The first-order valence-electron chi connectivity index (χ1n) is 6.49. The zero-order valence-electron chi connectivity index (χ0n) is 10.9. The number of esters is 1. The largest absolute Gasteiger partial charge is 0.465 e. The van der Waals surface area contributed by atoms with Crippen LogP contribution >= 0.6 is 0 Å². The third-order valence-corrected chi connectivity index (χ3v) is 3.63. The van der Waals surface area contributed by atoms with Crippen molar-refractivity contribution in [2.45, 2.75) is 25.8 Å². The summed E-state index contributed by atoms with van der Waals surface area (Å²) in [5, 5.41) is 2.91. The first kappa shape index (κ1) is 13.1. The molecule has 0 bridgehead atoms. The number of carbonyl (C=O) groups is 2. The van der Waals surface area contributed by atoms with Gasteiger partial charge in [0, 0.05) is 25.0 Å². The smallest absolute Gasteiger partial charge is 0.343 e. The Morgan fingerprint density at radius 1 is 1.61 bits per heavy atom. The first-order chi connectivity index (χ1) is 8.65. The minimum Gasteiger partial charge on any atom is -0.465 e. The molecule has 5 heteroatoms. The standard InChI is InChI=1S/C13H20N2O3/c1-3-5-15-6-4-11-9(8-15)7-10(12(16)14-11)13(17)18-2/h7,9,11H,3-6,8H2,1-2H3,(H,14,16). The number of ether oxygens (including phenoxy) is 1. The first-order valence-corrected chi connectivity index (χ1v) is 6.49. The maximum absolute atomic E-state index is 11.8. The summed E-state index contributed by atoms with van der Waals surface area (Å²) < 4.78 is 4.63. The highest BCUT2D eigenvalue weighted by Crippen LogP contribution is 2.24. The Hall–Kier alpha value is -1.36. The number of hydrogen-bond acceptors (Lipinski definition) is 4. The molecule has 0 radical (unpaired) electrons. The van der Waals surface area contributed by atoms with Gasteiger partial charge in [-0.1, -0.05) is 13.0 Å². The number of rotatable bonds is 3. The molecule has 1 fully saturated rings. The van der Waals surface area contributed by atoms with Gasteiger partial charge in [-0.15, -0.1) is 0 Å². The van der Waals surface area contributed by atoms with Gasteiger partial charge in [0.1, 0.15) is 5.57 Å². The SMILES string of the molecule is CCCN1CCC2NC(=O)C(C(=O)OC)=CC2C1. The summed E-state index contributed by atoms with van der Waals surface area (Å²) in [6, 6.07) is 0.166. The summed E-state index contributed by atoms with van der Waals surface area (Å²) >= 11 is 0. The van der Waals surface area contributed by atoms with E-state index in [1.165, 1.54) is 7.11 Å². The molecule has 0 aromatic heterocycles. The quantitative estimate of drug-likeness (QED) is 0.580. The molecule has 2 unspecified atom stereocenters. The number of nitrogens with one attached hydrogen (secondary N) is 1. The van der Waals surface area contributed by atoms with Gasteiger partial charge in [-0.2, -0.15) is 0 Å². The van der Waals surface area contributed by atoms with Crippen LogP contribution in [0.2, 0.25) is 0 Å². The zero-order valence-corrected chi connectivity index (χ0v) is 10.9. The number of hydrogen-bond donors (Lipinski definition) is 1. The van der Waals surface area contributed by atoms with Gasteiger partial charge in [-0.25, -0.2) is 4.79 Å². The van der Waals surface area contributed by atoms with E-state index in [1.54, 1.807) is 6.08 Å². The highest BCUT2D eigenvalue weighted by atomic mass is 16.5. The van der Waals surface area contributed by atoms with Crippen LogP contribution in [0.15, 0.2) is 11.6 Å². The third kappa shape index (κ3) is 2.56. The second kappa shape index (κ2) is 5.52. The molecule has 100 valence electrons. The van der Waals surface area contributed by atoms with E-state index in [0.29, 0.717) is 0 Å². The lowest BCUT2D eigenvalue weighted by Crippen LogP contribution is -2.54. The van der Waals surface area contributed by atoms with E-state index in [9.17, 15) is 9.59 Å². The van der Waals surface area contributed by atoms with Gasteiger partial charge in [-0.3, -0.25) is 4.79 Å². The molecule has 0 aromatic rings. The van der Waals surface area contributed by atoms with Crippen LogP contribution in [-0.4, -0.2) is 49.6 Å². The van der Waals surface area contributed by atoms with Crippen LogP contribution in [-0.2, 0) is 14.3 Å². The van der Waals surface area contributed by atoms with Gasteiger partial charge in [0.2, 0.25) is 0 Å². The van der Waals surface area contributed by atoms with Crippen molar-refractivity contribution in [2.75, 3.05) is 26.7 Å². The van der Waals surface area contributed by atoms with E-state index >= 15 is 0 Å². The van der Waals surface area contributed by atoms with E-state index in [1.807, 2.05) is 0 Å². The number of fused-ring (bicyclic) bond motifs is 1. The van der Waals surface area contributed by atoms with Crippen LogP contribution in [0.4, 0.5) is 0 Å². The lowest BCUT2D eigenvalue weighted by molar-refractivity contribution is -0.138. The molecule has 0 aromatic carbocycles. The highest BCUT2D eigenvalue weighted by Gasteiger charge is 2.35. The summed E-state index contributed by atoms with van der Waals surface area (Å²) in [7, 11) is 1.30. The number of carbonyl (C=O) groups excluding carboxylic acids is 2. The highest BCUT2D eigenvalue weighted by molar-refractivity contribution is 6.16. The molecule has 1 saturated heterocycles. The van der Waals surface area contributed by atoms with E-state index in [4.69, 9.17) is 0 Å². The van der Waals surface area contributed by atoms with Gasteiger partial charge >= 0.3 is 5.97 Å². The summed E-state index contributed by atoms with van der Waals surface area (Å²) in [5.41, 5.74) is 0.150. The van der Waals surface area contributed by atoms with Gasteiger partial charge in [0.15, 0.2) is 0 Å². The van der Waals surface area contributed by atoms with Crippen molar-refractivity contribution in [3.8, 4) is 0 Å². The van der Waals surface area contributed by atoms with E-state index in [-0.39, 0.29) is 23.4 Å². The van der Waals surface area contributed by atoms with E-state index < -0.39 is 5.97 Å². The number of piperidine rings is 1. The molecule has 5 nitrogen and oxygen atoms in total. The summed E-state index contributed by atoms with van der Waals surface area (Å²) in [6.45, 7) is 5.14. The molecule has 2 rings (SSSR count). The number of methoxy groups -OCH3 is 1. The molecule has 2 aliphatic rings. The molecular weight excluding hydrogens is 232 g/mol. The molecule has 0 spiro atoms. The van der Waals surface area contributed by atoms with Gasteiger partial charge in [0.25, 0.3) is 5.91 Å². The van der Waals surface area contributed by atoms with Crippen molar-refractivity contribution in [2.24, 2.45) is 5.92 Å². The van der Waals surface area contributed by atoms with Gasteiger partial charge in [-0.05, 0) is 19.4 Å². The Labute approximate surface area is 107 Å². The Balaban J connectivity index is 2.12. The molecule has 2 atom stereocenters. The van der Waals surface area contributed by atoms with Crippen LogP contribution in [0.3, 0.4) is 0 Å². The summed E-state index contributed by atoms with van der Waals surface area (Å²) in [6.07, 6.45) is 3.86. The Kier molecular flexibility index (Phi) is 4.01. The molecule has 1 N–H and O–H groups in total. The molecular formula is C13H20N2O3. The molecule has 2 aliphatic heterocycles. The topological polar surface area (TPSA) is 58.6 Å². The van der Waals surface area contributed by atoms with Crippen LogP contribution in [0.5, 0.6) is 0 Å². The van der Waals surface area contributed by atoms with Crippen molar-refractivity contribution < 1.29 is 14.3 Å².